The smallest absolute Gasteiger partial charge is 0.419 e. The number of hydrogen-bond donors (Lipinski definition) is 0. The molecular weight excluding hydrogens is 372 g/mol. The number of hydrogen-bond acceptors (Lipinski definition) is 5. The minimum absolute atomic E-state index is 0.0879. The van der Waals surface area contributed by atoms with Gasteiger partial charge in [0.25, 0.3) is 5.19 Å². The van der Waals surface area contributed by atoms with Crippen molar-refractivity contribution in [2.75, 3.05) is 0 Å². The second-order valence-electron chi connectivity index (χ2n) is 5.20. The lowest BCUT2D eigenvalue weighted by Crippen LogP contribution is -2.08. The van der Waals surface area contributed by atoms with Crippen molar-refractivity contribution in [2.45, 2.75) is 6.18 Å². The molecule has 26 heavy (non-hydrogen) atoms. The van der Waals surface area contributed by atoms with E-state index in [1.807, 2.05) is 6.07 Å². The van der Waals surface area contributed by atoms with Gasteiger partial charge in [-0.3, -0.25) is 4.98 Å². The molecule has 4 aromatic rings. The fraction of sp³-hybridized carbons (Fsp3) is 0.0625. The molecule has 0 aliphatic heterocycles. The van der Waals surface area contributed by atoms with Crippen molar-refractivity contribution in [3.8, 4) is 22.2 Å². The summed E-state index contributed by atoms with van der Waals surface area (Å²) in [6.07, 6.45) is 0.145. The third-order valence-corrected chi connectivity index (χ3v) is 4.23. The lowest BCUT2D eigenvalue weighted by atomic mass is 10.2. The molecule has 1 aromatic carbocycles. The Bertz CT molecular complexity index is 1040. The summed E-state index contributed by atoms with van der Waals surface area (Å²) >= 11 is 1.05. The summed E-state index contributed by atoms with van der Waals surface area (Å²) in [7, 11) is 0. The number of nitrogens with zero attached hydrogens (tertiary/aromatic N) is 4. The highest BCUT2D eigenvalue weighted by molar-refractivity contribution is 7.18. The normalized spacial score (nSPS) is 11.8. The zero-order valence-electron chi connectivity index (χ0n) is 12.7. The quantitative estimate of drug-likeness (QED) is 0.479. The first kappa shape index (κ1) is 16.5. The van der Waals surface area contributed by atoms with Crippen LogP contribution in [-0.4, -0.2) is 19.6 Å². The van der Waals surface area contributed by atoms with Crippen LogP contribution >= 0.6 is 11.3 Å². The van der Waals surface area contributed by atoms with Gasteiger partial charge in [0.2, 0.25) is 4.96 Å². The first-order chi connectivity index (χ1) is 12.4. The molecule has 3 heterocycles. The fourth-order valence-corrected chi connectivity index (χ4v) is 3.02. The summed E-state index contributed by atoms with van der Waals surface area (Å²) in [4.78, 5) is 8.88. The molecule has 0 aliphatic carbocycles. The maximum absolute atomic E-state index is 13.3. The number of alkyl halides is 3. The summed E-state index contributed by atoms with van der Waals surface area (Å²) in [6, 6.07) is 6.03. The van der Waals surface area contributed by atoms with Crippen LogP contribution in [-0.2, 0) is 6.18 Å². The Kier molecular flexibility index (Phi) is 3.83. The van der Waals surface area contributed by atoms with Gasteiger partial charge in [-0.15, -0.1) is 5.10 Å². The highest BCUT2D eigenvalue weighted by atomic mass is 32.1. The minimum Gasteiger partial charge on any atom is -0.430 e. The molecule has 0 amide bonds. The first-order valence-electron chi connectivity index (χ1n) is 7.21. The van der Waals surface area contributed by atoms with Crippen molar-refractivity contribution in [1.82, 2.24) is 19.6 Å². The van der Waals surface area contributed by atoms with Gasteiger partial charge >= 0.3 is 6.18 Å². The van der Waals surface area contributed by atoms with Crippen LogP contribution in [0.1, 0.15) is 5.56 Å². The summed E-state index contributed by atoms with van der Waals surface area (Å²) in [5, 5.41) is 4.21. The standard InChI is InChI=1S/C16H8F4N4OS/c17-12-4-3-10(6-11(12)16(18,19)20)25-15-23-24-8-13(22-14(24)26-15)9-2-1-5-21-7-9/h1-8H. The van der Waals surface area contributed by atoms with Crippen molar-refractivity contribution in [1.29, 1.82) is 0 Å². The SMILES string of the molecule is Fc1ccc(Oc2nn3cc(-c4cccnc4)nc3s2)cc1C(F)(F)F. The molecule has 5 nitrogen and oxygen atoms in total. The Morgan fingerprint density at radius 2 is 2.00 bits per heavy atom. The average Bonchev–Trinajstić information content (AvgIpc) is 3.15. The summed E-state index contributed by atoms with van der Waals surface area (Å²) in [5.41, 5.74) is 0.0701. The number of imidazole rings is 1. The molecule has 0 bridgehead atoms. The number of benzene rings is 1. The molecule has 10 heteroatoms. The molecule has 0 saturated carbocycles. The Hall–Kier alpha value is -3.01. The van der Waals surface area contributed by atoms with Crippen LogP contribution in [0.3, 0.4) is 0 Å². The predicted molar refractivity (Wildman–Crippen MR) is 85.6 cm³/mol. The molecule has 0 atom stereocenters. The Balaban J connectivity index is 1.61. The van der Waals surface area contributed by atoms with Gasteiger partial charge in [0.05, 0.1) is 17.5 Å². The average molecular weight is 380 g/mol. The van der Waals surface area contributed by atoms with Crippen LogP contribution in [0.4, 0.5) is 17.6 Å². The van der Waals surface area contributed by atoms with E-state index in [0.29, 0.717) is 22.8 Å². The molecule has 0 spiro atoms. The number of rotatable bonds is 3. The molecule has 3 aromatic heterocycles. The second-order valence-corrected chi connectivity index (χ2v) is 6.12. The monoisotopic (exact) mass is 380 g/mol. The van der Waals surface area contributed by atoms with Crippen LogP contribution in [0.5, 0.6) is 10.9 Å². The zero-order valence-corrected chi connectivity index (χ0v) is 13.6. The zero-order chi connectivity index (χ0) is 18.3. The van der Waals surface area contributed by atoms with E-state index >= 15 is 0 Å². The Morgan fingerprint density at radius 1 is 1.15 bits per heavy atom. The Morgan fingerprint density at radius 3 is 2.69 bits per heavy atom. The lowest BCUT2D eigenvalue weighted by molar-refractivity contribution is -0.140. The van der Waals surface area contributed by atoms with E-state index < -0.39 is 17.6 Å². The van der Waals surface area contributed by atoms with E-state index in [4.69, 9.17) is 4.74 Å². The van der Waals surface area contributed by atoms with Crippen molar-refractivity contribution in [3.05, 3.63) is 60.3 Å². The van der Waals surface area contributed by atoms with Gasteiger partial charge in [0.15, 0.2) is 0 Å². The number of halogens is 4. The van der Waals surface area contributed by atoms with Crippen LogP contribution in [0.25, 0.3) is 16.2 Å². The highest BCUT2D eigenvalue weighted by Gasteiger charge is 2.34. The van der Waals surface area contributed by atoms with Crippen LogP contribution in [0.2, 0.25) is 0 Å². The van der Waals surface area contributed by atoms with Crippen LogP contribution < -0.4 is 4.74 Å². The topological polar surface area (TPSA) is 52.3 Å². The Labute approximate surface area is 147 Å². The van der Waals surface area contributed by atoms with Gasteiger partial charge in [-0.25, -0.2) is 13.9 Å². The van der Waals surface area contributed by atoms with E-state index in [9.17, 15) is 17.6 Å². The first-order valence-corrected chi connectivity index (χ1v) is 8.03. The molecule has 0 unspecified atom stereocenters. The maximum atomic E-state index is 13.3. The molecule has 0 fully saturated rings. The van der Waals surface area contributed by atoms with Crippen molar-refractivity contribution >= 4 is 16.3 Å². The fourth-order valence-electron chi connectivity index (χ4n) is 2.26. The number of fused-ring (bicyclic) bond motifs is 1. The number of aromatic nitrogens is 4. The van der Waals surface area contributed by atoms with Crippen molar-refractivity contribution in [3.63, 3.8) is 0 Å². The van der Waals surface area contributed by atoms with E-state index in [1.54, 1.807) is 24.7 Å². The summed E-state index contributed by atoms with van der Waals surface area (Å²) in [6.45, 7) is 0. The minimum atomic E-state index is -4.81. The molecule has 4 rings (SSSR count). The maximum Gasteiger partial charge on any atom is 0.419 e. The van der Waals surface area contributed by atoms with Gasteiger partial charge in [0, 0.05) is 18.0 Å². The highest BCUT2D eigenvalue weighted by Crippen LogP contribution is 2.35. The molecule has 0 aliphatic rings. The van der Waals surface area contributed by atoms with E-state index in [-0.39, 0.29) is 10.9 Å². The van der Waals surface area contributed by atoms with Crippen LogP contribution in [0, 0.1) is 5.82 Å². The van der Waals surface area contributed by atoms with Gasteiger partial charge in [-0.1, -0.05) is 0 Å². The van der Waals surface area contributed by atoms with Gasteiger partial charge in [-0.2, -0.15) is 13.2 Å². The van der Waals surface area contributed by atoms with Gasteiger partial charge in [-0.05, 0) is 41.7 Å². The van der Waals surface area contributed by atoms with Crippen molar-refractivity contribution in [2.24, 2.45) is 0 Å². The number of ether oxygens (including phenoxy) is 1. The summed E-state index contributed by atoms with van der Waals surface area (Å²) < 4.78 is 58.4. The molecule has 0 N–H and O–H groups in total. The van der Waals surface area contributed by atoms with Crippen LogP contribution in [0.15, 0.2) is 48.9 Å². The number of pyridine rings is 1. The summed E-state index contributed by atoms with van der Waals surface area (Å²) in [5.74, 6) is -1.52. The van der Waals surface area contributed by atoms with Crippen molar-refractivity contribution < 1.29 is 22.3 Å². The third kappa shape index (κ3) is 3.10. The van der Waals surface area contributed by atoms with Gasteiger partial charge in [0.1, 0.15) is 11.6 Å². The molecule has 0 radical (unpaired) electrons. The van der Waals surface area contributed by atoms with E-state index in [1.165, 1.54) is 4.52 Å². The second kappa shape index (κ2) is 6.06. The lowest BCUT2D eigenvalue weighted by Gasteiger charge is -2.09. The van der Waals surface area contributed by atoms with Gasteiger partial charge < -0.3 is 4.74 Å². The van der Waals surface area contributed by atoms with E-state index in [2.05, 4.69) is 15.1 Å². The third-order valence-electron chi connectivity index (χ3n) is 3.43. The van der Waals surface area contributed by atoms with E-state index in [0.717, 1.165) is 23.0 Å². The molecular formula is C16H8F4N4OS. The predicted octanol–water partition coefficient (Wildman–Crippen LogP) is 4.80. The largest absolute Gasteiger partial charge is 0.430 e. The molecule has 0 saturated heterocycles. The molecule has 132 valence electrons.